The van der Waals surface area contributed by atoms with Crippen LogP contribution in [0, 0.1) is 12.8 Å². The lowest BCUT2D eigenvalue weighted by Gasteiger charge is -2.26. The van der Waals surface area contributed by atoms with E-state index in [1.165, 1.54) is 16.9 Å². The molecule has 2 heterocycles. The van der Waals surface area contributed by atoms with Crippen LogP contribution in [0.4, 0.5) is 5.69 Å². The van der Waals surface area contributed by atoms with Gasteiger partial charge in [-0.15, -0.1) is 0 Å². The van der Waals surface area contributed by atoms with Crippen molar-refractivity contribution < 1.29 is 0 Å². The zero-order chi connectivity index (χ0) is 13.2. The molecule has 1 aliphatic rings. The van der Waals surface area contributed by atoms with Crippen molar-refractivity contribution in [2.24, 2.45) is 5.92 Å². The molecular formula is C16H21N3. The third-order valence-electron chi connectivity index (χ3n) is 3.89. The summed E-state index contributed by atoms with van der Waals surface area (Å²) in [4.78, 5) is 0. The van der Waals surface area contributed by atoms with Gasteiger partial charge in [0.1, 0.15) is 0 Å². The third-order valence-corrected chi connectivity index (χ3v) is 3.89. The number of para-hydroxylation sites is 1. The molecule has 3 rings (SSSR count). The standard InChI is InChI=1S/C16H21N3/c1-3-19-15(8-12(2)18-19)10-13-9-14-6-4-5-7-16(14)17-11-13/h4-8,13,17H,3,9-11H2,1-2H3. The molecule has 0 saturated carbocycles. The molecule has 1 atom stereocenters. The fourth-order valence-corrected chi connectivity index (χ4v) is 2.99. The second-order valence-electron chi connectivity index (χ2n) is 5.41. The van der Waals surface area contributed by atoms with Crippen molar-refractivity contribution in [2.45, 2.75) is 33.2 Å². The van der Waals surface area contributed by atoms with E-state index in [0.717, 1.165) is 31.6 Å². The van der Waals surface area contributed by atoms with E-state index >= 15 is 0 Å². The molecule has 1 N–H and O–H groups in total. The summed E-state index contributed by atoms with van der Waals surface area (Å²) < 4.78 is 2.13. The van der Waals surface area contributed by atoms with Crippen LogP contribution in [0.5, 0.6) is 0 Å². The Balaban J connectivity index is 1.75. The molecule has 1 aromatic carbocycles. The molecule has 0 saturated heterocycles. The summed E-state index contributed by atoms with van der Waals surface area (Å²) in [5.41, 5.74) is 5.24. The average molecular weight is 255 g/mol. The largest absolute Gasteiger partial charge is 0.385 e. The molecule has 0 spiro atoms. The Hall–Kier alpha value is -1.77. The van der Waals surface area contributed by atoms with Gasteiger partial charge in [0, 0.05) is 24.5 Å². The van der Waals surface area contributed by atoms with Crippen molar-refractivity contribution in [1.29, 1.82) is 0 Å². The number of anilines is 1. The molecule has 1 aromatic heterocycles. The summed E-state index contributed by atoms with van der Waals surface area (Å²) in [5.74, 6) is 0.663. The maximum Gasteiger partial charge on any atom is 0.0596 e. The molecule has 3 heteroatoms. The van der Waals surface area contributed by atoms with E-state index in [1.54, 1.807) is 0 Å². The van der Waals surface area contributed by atoms with E-state index in [2.05, 4.69) is 59.3 Å². The SMILES string of the molecule is CCn1nc(C)cc1CC1CNc2ccccc2C1. The molecule has 1 unspecified atom stereocenters. The number of nitrogens with zero attached hydrogens (tertiary/aromatic N) is 2. The summed E-state index contributed by atoms with van der Waals surface area (Å²) in [6, 6.07) is 10.9. The van der Waals surface area contributed by atoms with Gasteiger partial charge in [-0.05, 0) is 50.3 Å². The summed E-state index contributed by atoms with van der Waals surface area (Å²) >= 11 is 0. The van der Waals surface area contributed by atoms with Gasteiger partial charge in [0.2, 0.25) is 0 Å². The van der Waals surface area contributed by atoms with Gasteiger partial charge in [-0.3, -0.25) is 4.68 Å². The van der Waals surface area contributed by atoms with Crippen molar-refractivity contribution in [3.8, 4) is 0 Å². The van der Waals surface area contributed by atoms with Gasteiger partial charge in [-0.25, -0.2) is 0 Å². The highest BCUT2D eigenvalue weighted by atomic mass is 15.3. The minimum atomic E-state index is 0.663. The Morgan fingerprint density at radius 2 is 2.21 bits per heavy atom. The van der Waals surface area contributed by atoms with Crippen molar-refractivity contribution in [2.75, 3.05) is 11.9 Å². The number of nitrogens with one attached hydrogen (secondary N) is 1. The zero-order valence-corrected chi connectivity index (χ0v) is 11.7. The van der Waals surface area contributed by atoms with Crippen molar-refractivity contribution >= 4 is 5.69 Å². The van der Waals surface area contributed by atoms with Crippen LogP contribution in [0.3, 0.4) is 0 Å². The first-order valence-electron chi connectivity index (χ1n) is 7.11. The third kappa shape index (κ3) is 2.50. The van der Waals surface area contributed by atoms with E-state index in [4.69, 9.17) is 0 Å². The van der Waals surface area contributed by atoms with Crippen LogP contribution in [0.1, 0.15) is 23.9 Å². The molecule has 0 radical (unpaired) electrons. The molecule has 19 heavy (non-hydrogen) atoms. The highest BCUT2D eigenvalue weighted by Crippen LogP contribution is 2.26. The number of fused-ring (bicyclic) bond motifs is 1. The number of aromatic nitrogens is 2. The van der Waals surface area contributed by atoms with Crippen LogP contribution in [-0.2, 0) is 19.4 Å². The Bertz CT molecular complexity index is 571. The number of benzene rings is 1. The zero-order valence-electron chi connectivity index (χ0n) is 11.7. The van der Waals surface area contributed by atoms with E-state index in [-0.39, 0.29) is 0 Å². The molecular weight excluding hydrogens is 234 g/mol. The highest BCUT2D eigenvalue weighted by molar-refractivity contribution is 5.53. The summed E-state index contributed by atoms with van der Waals surface area (Å²) in [6.45, 7) is 6.25. The predicted octanol–water partition coefficient (Wildman–Crippen LogP) is 3.04. The van der Waals surface area contributed by atoms with Crippen LogP contribution in [0.25, 0.3) is 0 Å². The molecule has 3 nitrogen and oxygen atoms in total. The Morgan fingerprint density at radius 1 is 1.37 bits per heavy atom. The maximum atomic E-state index is 4.54. The van der Waals surface area contributed by atoms with Crippen molar-refractivity contribution in [3.63, 3.8) is 0 Å². The van der Waals surface area contributed by atoms with Crippen LogP contribution in [0.15, 0.2) is 30.3 Å². The monoisotopic (exact) mass is 255 g/mol. The summed E-state index contributed by atoms with van der Waals surface area (Å²) in [6.07, 6.45) is 2.27. The number of hydrogen-bond donors (Lipinski definition) is 1. The van der Waals surface area contributed by atoms with E-state index in [0.29, 0.717) is 5.92 Å². The van der Waals surface area contributed by atoms with Crippen LogP contribution in [-0.4, -0.2) is 16.3 Å². The smallest absolute Gasteiger partial charge is 0.0596 e. The van der Waals surface area contributed by atoms with E-state index in [1.807, 2.05) is 0 Å². The van der Waals surface area contributed by atoms with Gasteiger partial charge >= 0.3 is 0 Å². The first-order valence-corrected chi connectivity index (χ1v) is 7.11. The molecule has 0 fully saturated rings. The van der Waals surface area contributed by atoms with Gasteiger partial charge in [0.05, 0.1) is 5.69 Å². The highest BCUT2D eigenvalue weighted by Gasteiger charge is 2.19. The molecule has 100 valence electrons. The first-order chi connectivity index (χ1) is 9.26. The fraction of sp³-hybridized carbons (Fsp3) is 0.438. The number of aryl methyl sites for hydroxylation is 2. The molecule has 1 aliphatic heterocycles. The average Bonchev–Trinajstić information content (AvgIpc) is 2.78. The second kappa shape index (κ2) is 5.08. The summed E-state index contributed by atoms with van der Waals surface area (Å²) in [7, 11) is 0. The lowest BCUT2D eigenvalue weighted by molar-refractivity contribution is 0.500. The van der Waals surface area contributed by atoms with Gasteiger partial charge < -0.3 is 5.32 Å². The van der Waals surface area contributed by atoms with Gasteiger partial charge in [-0.2, -0.15) is 5.10 Å². The Labute approximate surface area is 114 Å². The lowest BCUT2D eigenvalue weighted by atomic mass is 9.90. The van der Waals surface area contributed by atoms with Crippen molar-refractivity contribution in [1.82, 2.24) is 9.78 Å². The summed E-state index contributed by atoms with van der Waals surface area (Å²) in [5, 5.41) is 8.08. The first kappa shape index (κ1) is 12.3. The van der Waals surface area contributed by atoms with Gasteiger partial charge in [-0.1, -0.05) is 18.2 Å². The van der Waals surface area contributed by atoms with Crippen LogP contribution >= 0.6 is 0 Å². The number of rotatable bonds is 3. The second-order valence-corrected chi connectivity index (χ2v) is 5.41. The topological polar surface area (TPSA) is 29.9 Å². The van der Waals surface area contributed by atoms with Crippen LogP contribution in [0.2, 0.25) is 0 Å². The quantitative estimate of drug-likeness (QED) is 0.913. The van der Waals surface area contributed by atoms with Gasteiger partial charge in [0.25, 0.3) is 0 Å². The van der Waals surface area contributed by atoms with Crippen LogP contribution < -0.4 is 5.32 Å². The number of hydrogen-bond acceptors (Lipinski definition) is 2. The Kier molecular flexibility index (Phi) is 3.28. The predicted molar refractivity (Wildman–Crippen MR) is 78.5 cm³/mol. The molecule has 0 aliphatic carbocycles. The Morgan fingerprint density at radius 3 is 3.05 bits per heavy atom. The van der Waals surface area contributed by atoms with E-state index < -0.39 is 0 Å². The molecule has 2 aromatic rings. The van der Waals surface area contributed by atoms with Crippen molar-refractivity contribution in [3.05, 3.63) is 47.3 Å². The minimum absolute atomic E-state index is 0.663. The fourth-order valence-electron chi connectivity index (χ4n) is 2.99. The minimum Gasteiger partial charge on any atom is -0.385 e. The molecule has 0 amide bonds. The maximum absolute atomic E-state index is 4.54. The normalized spacial score (nSPS) is 17.9. The lowest BCUT2D eigenvalue weighted by Crippen LogP contribution is -2.25. The van der Waals surface area contributed by atoms with E-state index in [9.17, 15) is 0 Å². The van der Waals surface area contributed by atoms with Gasteiger partial charge in [0.15, 0.2) is 0 Å². The molecule has 0 bridgehead atoms.